The fraction of sp³-hybridized carbons (Fsp3) is 0.571. The highest BCUT2D eigenvalue weighted by atomic mass is 32.1. The Balaban J connectivity index is 1.73. The zero-order chi connectivity index (χ0) is 13.9. The lowest BCUT2D eigenvalue weighted by Crippen LogP contribution is -2.47. The van der Waals surface area contributed by atoms with E-state index in [9.17, 15) is 0 Å². The average Bonchev–Trinajstić information content (AvgIpc) is 2.87. The first kappa shape index (κ1) is 13.7. The van der Waals surface area contributed by atoms with Crippen LogP contribution in [0.5, 0.6) is 0 Å². The highest BCUT2D eigenvalue weighted by Crippen LogP contribution is 2.31. The van der Waals surface area contributed by atoms with Crippen molar-refractivity contribution in [2.45, 2.75) is 6.92 Å². The van der Waals surface area contributed by atoms with Gasteiger partial charge in [-0.25, -0.2) is 9.97 Å². The van der Waals surface area contributed by atoms with Crippen LogP contribution in [0.1, 0.15) is 5.56 Å². The van der Waals surface area contributed by atoms with Crippen LogP contribution in [0.15, 0.2) is 11.7 Å². The number of piperazine rings is 1. The fourth-order valence-electron chi connectivity index (χ4n) is 2.59. The maximum Gasteiger partial charge on any atom is 0.150 e. The van der Waals surface area contributed by atoms with E-state index in [1.165, 1.54) is 10.3 Å². The molecule has 0 aromatic carbocycles. The zero-order valence-corrected chi connectivity index (χ0v) is 12.8. The quantitative estimate of drug-likeness (QED) is 0.859. The highest BCUT2D eigenvalue weighted by molar-refractivity contribution is 7.18. The first-order chi connectivity index (χ1) is 9.79. The molecule has 1 saturated heterocycles. The first-order valence-corrected chi connectivity index (χ1v) is 7.82. The summed E-state index contributed by atoms with van der Waals surface area (Å²) in [6.07, 6.45) is 1.69. The maximum atomic E-state index is 5.14. The largest absolute Gasteiger partial charge is 0.383 e. The molecule has 1 aliphatic rings. The number of aromatic nitrogens is 2. The van der Waals surface area contributed by atoms with Gasteiger partial charge in [-0.15, -0.1) is 11.3 Å². The summed E-state index contributed by atoms with van der Waals surface area (Å²) in [7, 11) is 1.76. The summed E-state index contributed by atoms with van der Waals surface area (Å²) in [4.78, 5) is 13.7. The van der Waals surface area contributed by atoms with Crippen LogP contribution in [-0.2, 0) is 4.74 Å². The van der Waals surface area contributed by atoms with Gasteiger partial charge in [0, 0.05) is 39.8 Å². The van der Waals surface area contributed by atoms with Crippen molar-refractivity contribution in [1.29, 1.82) is 0 Å². The normalized spacial score (nSPS) is 17.0. The van der Waals surface area contributed by atoms with Crippen LogP contribution >= 0.6 is 11.3 Å². The molecule has 0 N–H and O–H groups in total. The van der Waals surface area contributed by atoms with E-state index in [0.717, 1.165) is 50.7 Å². The Bertz CT molecular complexity index is 578. The SMILES string of the molecule is COCCN1CCN(c2ncnc3c(C)csc23)CC1. The number of thiophene rings is 1. The van der Waals surface area contributed by atoms with Crippen LogP contribution in [0.2, 0.25) is 0 Å². The minimum Gasteiger partial charge on any atom is -0.383 e. The van der Waals surface area contributed by atoms with Crippen molar-refractivity contribution in [1.82, 2.24) is 14.9 Å². The summed E-state index contributed by atoms with van der Waals surface area (Å²) in [5, 5.41) is 2.16. The molecule has 1 aliphatic heterocycles. The van der Waals surface area contributed by atoms with Crippen LogP contribution in [-0.4, -0.2) is 61.3 Å². The van der Waals surface area contributed by atoms with E-state index in [0.29, 0.717) is 0 Å². The highest BCUT2D eigenvalue weighted by Gasteiger charge is 2.20. The third-order valence-corrected chi connectivity index (χ3v) is 4.88. The molecular formula is C14H20N4OS. The van der Waals surface area contributed by atoms with Gasteiger partial charge in [0.05, 0.1) is 16.8 Å². The van der Waals surface area contributed by atoms with Crippen molar-refractivity contribution in [2.75, 3.05) is 51.3 Å². The van der Waals surface area contributed by atoms with Gasteiger partial charge in [-0.2, -0.15) is 0 Å². The van der Waals surface area contributed by atoms with Crippen LogP contribution in [0.4, 0.5) is 5.82 Å². The second-order valence-electron chi connectivity index (χ2n) is 5.12. The maximum absolute atomic E-state index is 5.14. The lowest BCUT2D eigenvalue weighted by Gasteiger charge is -2.35. The minimum absolute atomic E-state index is 0.807. The number of methoxy groups -OCH3 is 1. The average molecular weight is 292 g/mol. The van der Waals surface area contributed by atoms with Crippen LogP contribution in [0, 0.1) is 6.92 Å². The summed E-state index contributed by atoms with van der Waals surface area (Å²) >= 11 is 1.75. The molecule has 0 bridgehead atoms. The van der Waals surface area contributed by atoms with Crippen molar-refractivity contribution >= 4 is 27.4 Å². The van der Waals surface area contributed by atoms with E-state index >= 15 is 0 Å². The second-order valence-corrected chi connectivity index (χ2v) is 5.99. The number of ether oxygens (including phenoxy) is 1. The van der Waals surface area contributed by atoms with Crippen molar-refractivity contribution in [2.24, 2.45) is 0 Å². The molecule has 3 heterocycles. The van der Waals surface area contributed by atoms with E-state index in [1.807, 2.05) is 0 Å². The molecule has 0 saturated carbocycles. The van der Waals surface area contributed by atoms with Crippen molar-refractivity contribution in [3.8, 4) is 0 Å². The van der Waals surface area contributed by atoms with Crippen LogP contribution in [0.25, 0.3) is 10.2 Å². The summed E-state index contributed by atoms with van der Waals surface area (Å²) in [5.41, 5.74) is 2.34. The molecule has 1 fully saturated rings. The Morgan fingerprint density at radius 2 is 2.05 bits per heavy atom. The summed E-state index contributed by atoms with van der Waals surface area (Å²) in [6.45, 7) is 8.11. The van der Waals surface area contributed by atoms with Gasteiger partial charge in [0.25, 0.3) is 0 Å². The summed E-state index contributed by atoms with van der Waals surface area (Å²) < 4.78 is 6.36. The Morgan fingerprint density at radius 3 is 2.80 bits per heavy atom. The van der Waals surface area contributed by atoms with Gasteiger partial charge < -0.3 is 9.64 Å². The molecule has 0 atom stereocenters. The molecular weight excluding hydrogens is 272 g/mol. The molecule has 0 aliphatic carbocycles. The monoisotopic (exact) mass is 292 g/mol. The third kappa shape index (κ3) is 2.63. The number of aryl methyl sites for hydroxylation is 1. The number of hydrogen-bond acceptors (Lipinski definition) is 6. The van der Waals surface area contributed by atoms with Gasteiger partial charge in [0.1, 0.15) is 12.1 Å². The van der Waals surface area contributed by atoms with Gasteiger partial charge in [-0.05, 0) is 17.9 Å². The van der Waals surface area contributed by atoms with Crippen molar-refractivity contribution < 1.29 is 4.74 Å². The number of fused-ring (bicyclic) bond motifs is 1. The van der Waals surface area contributed by atoms with E-state index < -0.39 is 0 Å². The van der Waals surface area contributed by atoms with Crippen molar-refractivity contribution in [3.63, 3.8) is 0 Å². The van der Waals surface area contributed by atoms with Gasteiger partial charge >= 0.3 is 0 Å². The molecule has 6 heteroatoms. The molecule has 20 heavy (non-hydrogen) atoms. The Hall–Kier alpha value is -1.24. The number of rotatable bonds is 4. The zero-order valence-electron chi connectivity index (χ0n) is 12.0. The lowest BCUT2D eigenvalue weighted by molar-refractivity contribution is 0.144. The first-order valence-electron chi connectivity index (χ1n) is 6.94. The van der Waals surface area contributed by atoms with Gasteiger partial charge in [0.15, 0.2) is 0 Å². The Morgan fingerprint density at radius 1 is 1.25 bits per heavy atom. The fourth-order valence-corrected chi connectivity index (χ4v) is 3.60. The molecule has 2 aromatic rings. The van der Waals surface area contributed by atoms with E-state index in [4.69, 9.17) is 4.74 Å². The molecule has 3 rings (SSSR count). The van der Waals surface area contributed by atoms with E-state index in [-0.39, 0.29) is 0 Å². The minimum atomic E-state index is 0.807. The molecule has 0 radical (unpaired) electrons. The molecule has 5 nitrogen and oxygen atoms in total. The lowest BCUT2D eigenvalue weighted by atomic mass is 10.2. The van der Waals surface area contributed by atoms with Crippen LogP contribution in [0.3, 0.4) is 0 Å². The topological polar surface area (TPSA) is 41.5 Å². The predicted molar refractivity (Wildman–Crippen MR) is 82.7 cm³/mol. The second kappa shape index (κ2) is 6.03. The molecule has 0 spiro atoms. The van der Waals surface area contributed by atoms with Gasteiger partial charge in [-0.3, -0.25) is 4.90 Å². The summed E-state index contributed by atoms with van der Waals surface area (Å²) in [5.74, 6) is 1.10. The molecule has 0 amide bonds. The van der Waals surface area contributed by atoms with Crippen molar-refractivity contribution in [3.05, 3.63) is 17.3 Å². The van der Waals surface area contributed by atoms with Gasteiger partial charge in [-0.1, -0.05) is 0 Å². The van der Waals surface area contributed by atoms with Gasteiger partial charge in [0.2, 0.25) is 0 Å². The predicted octanol–water partition coefficient (Wildman–Crippen LogP) is 1.77. The molecule has 108 valence electrons. The summed E-state index contributed by atoms with van der Waals surface area (Å²) in [6, 6.07) is 0. The number of nitrogens with zero attached hydrogens (tertiary/aromatic N) is 4. The number of anilines is 1. The van der Waals surface area contributed by atoms with E-state index in [2.05, 4.69) is 32.1 Å². The number of hydrogen-bond donors (Lipinski definition) is 0. The Kier molecular flexibility index (Phi) is 4.14. The van der Waals surface area contributed by atoms with Crippen LogP contribution < -0.4 is 4.90 Å². The smallest absolute Gasteiger partial charge is 0.150 e. The molecule has 2 aromatic heterocycles. The molecule has 0 unspecified atom stereocenters. The van der Waals surface area contributed by atoms with E-state index in [1.54, 1.807) is 24.8 Å². The standard InChI is InChI=1S/C14H20N4OS/c1-11-9-20-13-12(11)15-10-16-14(13)18-5-3-17(4-6-18)7-8-19-2/h9-10H,3-8H2,1-2H3. The Labute approximate surface area is 123 Å². The third-order valence-electron chi connectivity index (χ3n) is 3.80.